The Kier molecular flexibility index (Phi) is 5.86. The van der Waals surface area contributed by atoms with Gasteiger partial charge in [0.2, 0.25) is 0 Å². The first kappa shape index (κ1) is 21.1. The summed E-state index contributed by atoms with van der Waals surface area (Å²) in [4.78, 5) is 0. The predicted molar refractivity (Wildman–Crippen MR) is 115 cm³/mol. The van der Waals surface area contributed by atoms with Crippen LogP contribution in [0.2, 0.25) is 0 Å². The quantitative estimate of drug-likeness (QED) is 0.766. The molecule has 0 amide bonds. The van der Waals surface area contributed by atoms with Crippen LogP contribution in [0, 0.1) is 0 Å². The maximum absolute atomic E-state index is 10.7. The molecule has 3 heterocycles. The van der Waals surface area contributed by atoms with Crippen molar-refractivity contribution >= 4 is 0 Å². The summed E-state index contributed by atoms with van der Waals surface area (Å²) < 4.78 is 24.9. The lowest BCUT2D eigenvalue weighted by atomic mass is 9.87. The van der Waals surface area contributed by atoms with Crippen LogP contribution in [0.1, 0.15) is 43.9 Å². The van der Waals surface area contributed by atoms with Crippen LogP contribution in [-0.2, 0) is 25.6 Å². The lowest BCUT2D eigenvalue weighted by molar-refractivity contribution is -0.224. The molecule has 6 heteroatoms. The van der Waals surface area contributed by atoms with Gasteiger partial charge in [-0.1, -0.05) is 60.7 Å². The third-order valence-electron chi connectivity index (χ3n) is 6.36. The second kappa shape index (κ2) is 8.62. The molecule has 7 atom stereocenters. The van der Waals surface area contributed by atoms with E-state index in [2.05, 4.69) is 17.4 Å². The van der Waals surface area contributed by atoms with Gasteiger partial charge in [0.1, 0.15) is 18.3 Å². The third kappa shape index (κ3) is 4.55. The fourth-order valence-corrected chi connectivity index (χ4v) is 4.99. The second-order valence-corrected chi connectivity index (χ2v) is 9.19. The molecule has 3 saturated heterocycles. The zero-order chi connectivity index (χ0) is 21.4. The number of aliphatic hydroxyl groups is 1. The van der Waals surface area contributed by atoms with Crippen LogP contribution in [0.4, 0.5) is 0 Å². The highest BCUT2D eigenvalue weighted by atomic mass is 16.8. The maximum atomic E-state index is 10.7. The Bertz CT molecular complexity index is 861. The minimum atomic E-state index is -0.708. The monoisotopic (exact) mass is 425 g/mol. The first-order chi connectivity index (χ1) is 15.0. The molecule has 166 valence electrons. The number of piperidine rings is 1. The Morgan fingerprint density at radius 2 is 1.68 bits per heavy atom. The highest BCUT2D eigenvalue weighted by Gasteiger charge is 2.57. The summed E-state index contributed by atoms with van der Waals surface area (Å²) in [5.41, 5.74) is 2.27. The second-order valence-electron chi connectivity index (χ2n) is 9.19. The van der Waals surface area contributed by atoms with Gasteiger partial charge >= 0.3 is 0 Å². The molecule has 2 N–H and O–H groups in total. The fourth-order valence-electron chi connectivity index (χ4n) is 4.99. The first-order valence-corrected chi connectivity index (χ1v) is 11.1. The van der Waals surface area contributed by atoms with Crippen LogP contribution < -0.4 is 5.32 Å². The summed E-state index contributed by atoms with van der Waals surface area (Å²) in [5, 5.41) is 14.4. The van der Waals surface area contributed by atoms with Gasteiger partial charge in [-0.25, -0.2) is 0 Å². The normalized spacial score (nSPS) is 36.9. The van der Waals surface area contributed by atoms with Gasteiger partial charge in [0.15, 0.2) is 12.1 Å². The number of benzene rings is 2. The summed E-state index contributed by atoms with van der Waals surface area (Å²) in [5.74, 6) is -0.708. The summed E-state index contributed by atoms with van der Waals surface area (Å²) in [6.45, 7) is 4.26. The highest BCUT2D eigenvalue weighted by molar-refractivity contribution is 5.20. The van der Waals surface area contributed by atoms with Gasteiger partial charge in [-0.15, -0.1) is 0 Å². The molecule has 0 aliphatic carbocycles. The van der Waals surface area contributed by atoms with Gasteiger partial charge in [-0.3, -0.25) is 0 Å². The Balaban J connectivity index is 1.35. The fraction of sp³-hybridized carbons (Fsp3) is 0.520. The summed E-state index contributed by atoms with van der Waals surface area (Å²) in [7, 11) is 0. The molecule has 0 bridgehead atoms. The maximum Gasteiger partial charge on any atom is 0.190 e. The minimum Gasteiger partial charge on any atom is -0.393 e. The van der Waals surface area contributed by atoms with Gasteiger partial charge in [0.05, 0.1) is 12.7 Å². The minimum absolute atomic E-state index is 0.0621. The average molecular weight is 426 g/mol. The zero-order valence-electron chi connectivity index (χ0n) is 18.0. The lowest BCUT2D eigenvalue weighted by Gasteiger charge is -2.39. The van der Waals surface area contributed by atoms with Crippen LogP contribution >= 0.6 is 0 Å². The molecule has 0 unspecified atom stereocenters. The molecule has 3 aliphatic rings. The van der Waals surface area contributed by atoms with E-state index in [1.807, 2.05) is 62.4 Å². The number of aliphatic hydroxyl groups excluding tert-OH is 1. The van der Waals surface area contributed by atoms with E-state index < -0.39 is 18.2 Å². The number of hydrogen-bond acceptors (Lipinski definition) is 6. The average Bonchev–Trinajstić information content (AvgIpc) is 3.25. The number of rotatable bonds is 5. The first-order valence-electron chi connectivity index (χ1n) is 11.1. The van der Waals surface area contributed by atoms with E-state index in [0.29, 0.717) is 19.4 Å². The number of nitrogens with one attached hydrogen (secondary N) is 1. The third-order valence-corrected chi connectivity index (χ3v) is 6.36. The van der Waals surface area contributed by atoms with Crippen molar-refractivity contribution in [1.82, 2.24) is 5.32 Å². The van der Waals surface area contributed by atoms with Crippen LogP contribution in [0.5, 0.6) is 0 Å². The molecule has 0 aromatic heterocycles. The molecular weight excluding hydrogens is 394 g/mol. The largest absolute Gasteiger partial charge is 0.393 e. The Hall–Kier alpha value is -1.80. The molecule has 0 saturated carbocycles. The molecule has 0 spiro atoms. The molecule has 3 aliphatic heterocycles. The van der Waals surface area contributed by atoms with Gasteiger partial charge in [-0.2, -0.15) is 0 Å². The van der Waals surface area contributed by atoms with E-state index in [-0.39, 0.29) is 30.4 Å². The molecule has 2 aromatic carbocycles. The molecule has 6 nitrogen and oxygen atoms in total. The van der Waals surface area contributed by atoms with Crippen molar-refractivity contribution in [2.24, 2.45) is 0 Å². The Labute approximate surface area is 183 Å². The SMILES string of the molecule is CC1(C)O[C@H]2O[C@H]([C@@H]3C[C@H](O)C[C@H](c4ccccc4)N3)[C@H](OCc3ccccc3)[C@H]2O1. The standard InChI is InChI=1S/C25H31NO5/c1-25(2)30-23-22(28-15-16-9-5-3-6-10-16)21(29-24(23)31-25)20-14-18(27)13-19(26-20)17-11-7-4-8-12-17/h3-12,18-24,26-27H,13-15H2,1-2H3/t18-,19-,20+,21-,22+,23-,24-/m1/s1. The van der Waals surface area contributed by atoms with Crippen molar-refractivity contribution in [3.05, 3.63) is 71.8 Å². The van der Waals surface area contributed by atoms with Crippen molar-refractivity contribution in [1.29, 1.82) is 0 Å². The van der Waals surface area contributed by atoms with Crippen LogP contribution in [0.15, 0.2) is 60.7 Å². The van der Waals surface area contributed by atoms with Crippen molar-refractivity contribution in [3.63, 3.8) is 0 Å². The molecule has 2 aromatic rings. The summed E-state index contributed by atoms with van der Waals surface area (Å²) in [6.07, 6.45) is -0.496. The van der Waals surface area contributed by atoms with Crippen molar-refractivity contribution < 1.29 is 24.1 Å². The van der Waals surface area contributed by atoms with E-state index in [1.165, 1.54) is 5.56 Å². The molecule has 3 fully saturated rings. The van der Waals surface area contributed by atoms with E-state index in [9.17, 15) is 5.11 Å². The highest BCUT2D eigenvalue weighted by Crippen LogP contribution is 2.42. The summed E-state index contributed by atoms with van der Waals surface area (Å²) >= 11 is 0. The van der Waals surface area contributed by atoms with Gasteiger partial charge in [0.25, 0.3) is 0 Å². The van der Waals surface area contributed by atoms with Crippen molar-refractivity contribution in [2.75, 3.05) is 0 Å². The number of fused-ring (bicyclic) bond motifs is 1. The molecular formula is C25H31NO5. The number of ether oxygens (including phenoxy) is 4. The molecule has 0 radical (unpaired) electrons. The van der Waals surface area contributed by atoms with E-state index in [0.717, 1.165) is 5.56 Å². The topological polar surface area (TPSA) is 69.2 Å². The smallest absolute Gasteiger partial charge is 0.190 e. The van der Waals surface area contributed by atoms with Crippen LogP contribution in [0.3, 0.4) is 0 Å². The van der Waals surface area contributed by atoms with Gasteiger partial charge in [0, 0.05) is 12.1 Å². The van der Waals surface area contributed by atoms with Crippen LogP contribution in [0.25, 0.3) is 0 Å². The number of hydrogen-bond donors (Lipinski definition) is 2. The van der Waals surface area contributed by atoms with Crippen LogP contribution in [-0.4, -0.2) is 47.6 Å². The van der Waals surface area contributed by atoms with Crippen molar-refractivity contribution in [2.45, 2.75) is 81.9 Å². The van der Waals surface area contributed by atoms with E-state index >= 15 is 0 Å². The van der Waals surface area contributed by atoms with Gasteiger partial charge in [-0.05, 0) is 37.8 Å². The lowest BCUT2D eigenvalue weighted by Crippen LogP contribution is -2.53. The van der Waals surface area contributed by atoms with E-state index in [4.69, 9.17) is 18.9 Å². The molecule has 5 rings (SSSR count). The summed E-state index contributed by atoms with van der Waals surface area (Å²) in [6, 6.07) is 20.3. The van der Waals surface area contributed by atoms with Gasteiger partial charge < -0.3 is 29.4 Å². The zero-order valence-corrected chi connectivity index (χ0v) is 18.0. The Morgan fingerprint density at radius 1 is 0.968 bits per heavy atom. The Morgan fingerprint density at radius 3 is 2.42 bits per heavy atom. The molecule has 31 heavy (non-hydrogen) atoms. The van der Waals surface area contributed by atoms with E-state index in [1.54, 1.807) is 0 Å². The van der Waals surface area contributed by atoms with Crippen molar-refractivity contribution in [3.8, 4) is 0 Å². The predicted octanol–water partition coefficient (Wildman–Crippen LogP) is 3.30.